The fraction of sp³-hybridized carbons (Fsp3) is 0.467. The number of likely N-dealkylation sites (N-methyl/N-ethyl adjacent to an activating group) is 1. The SMILES string of the molecule is CN1CCN(Cc2cccc(-c3nnnn3CC#N)c2)CC1. The molecule has 0 atom stereocenters. The lowest BCUT2D eigenvalue weighted by Crippen LogP contribution is -2.43. The Kier molecular flexibility index (Phi) is 4.42. The van der Waals surface area contributed by atoms with E-state index in [-0.39, 0.29) is 6.54 Å². The molecule has 7 nitrogen and oxygen atoms in total. The van der Waals surface area contributed by atoms with Crippen LogP contribution in [0, 0.1) is 11.3 Å². The van der Waals surface area contributed by atoms with E-state index in [4.69, 9.17) is 5.26 Å². The van der Waals surface area contributed by atoms with Crippen molar-refractivity contribution in [2.75, 3.05) is 33.2 Å². The van der Waals surface area contributed by atoms with Crippen LogP contribution in [0.5, 0.6) is 0 Å². The van der Waals surface area contributed by atoms with Crippen molar-refractivity contribution in [2.24, 2.45) is 0 Å². The maximum atomic E-state index is 8.82. The van der Waals surface area contributed by atoms with Crippen molar-refractivity contribution in [1.29, 1.82) is 5.26 Å². The number of aromatic nitrogens is 4. The third-order valence-electron chi connectivity index (χ3n) is 3.94. The molecule has 1 aromatic heterocycles. The summed E-state index contributed by atoms with van der Waals surface area (Å²) in [5.41, 5.74) is 2.19. The average Bonchev–Trinajstić information content (AvgIpc) is 2.99. The molecule has 0 saturated carbocycles. The summed E-state index contributed by atoms with van der Waals surface area (Å²) in [6.07, 6.45) is 0. The van der Waals surface area contributed by atoms with Gasteiger partial charge < -0.3 is 4.90 Å². The van der Waals surface area contributed by atoms with E-state index < -0.39 is 0 Å². The lowest BCUT2D eigenvalue weighted by Gasteiger charge is -2.32. The minimum atomic E-state index is 0.158. The monoisotopic (exact) mass is 297 g/mol. The highest BCUT2D eigenvalue weighted by Crippen LogP contribution is 2.18. The highest BCUT2D eigenvalue weighted by molar-refractivity contribution is 5.55. The van der Waals surface area contributed by atoms with Crippen LogP contribution in [0.2, 0.25) is 0 Å². The number of piperazine rings is 1. The summed E-state index contributed by atoms with van der Waals surface area (Å²) in [5, 5.41) is 20.4. The molecule has 0 amide bonds. The zero-order valence-corrected chi connectivity index (χ0v) is 12.7. The van der Waals surface area contributed by atoms with Crippen molar-refractivity contribution in [3.05, 3.63) is 29.8 Å². The van der Waals surface area contributed by atoms with Gasteiger partial charge in [-0.25, -0.2) is 4.68 Å². The average molecular weight is 297 g/mol. The van der Waals surface area contributed by atoms with E-state index in [2.05, 4.69) is 50.6 Å². The highest BCUT2D eigenvalue weighted by atomic mass is 15.5. The smallest absolute Gasteiger partial charge is 0.183 e. The largest absolute Gasteiger partial charge is 0.304 e. The molecule has 22 heavy (non-hydrogen) atoms. The summed E-state index contributed by atoms with van der Waals surface area (Å²) in [6.45, 7) is 5.49. The Morgan fingerprint density at radius 3 is 2.82 bits per heavy atom. The molecule has 0 bridgehead atoms. The van der Waals surface area contributed by atoms with E-state index in [0.717, 1.165) is 38.3 Å². The topological polar surface area (TPSA) is 73.9 Å². The third-order valence-corrected chi connectivity index (χ3v) is 3.94. The predicted molar refractivity (Wildman–Crippen MR) is 81.6 cm³/mol. The Morgan fingerprint density at radius 2 is 2.05 bits per heavy atom. The van der Waals surface area contributed by atoms with Gasteiger partial charge in [0.05, 0.1) is 6.07 Å². The van der Waals surface area contributed by atoms with Crippen LogP contribution in [-0.4, -0.2) is 63.2 Å². The number of nitriles is 1. The van der Waals surface area contributed by atoms with E-state index in [1.165, 1.54) is 10.2 Å². The Morgan fingerprint density at radius 1 is 1.23 bits per heavy atom. The van der Waals surface area contributed by atoms with Crippen LogP contribution in [0.25, 0.3) is 11.4 Å². The molecule has 0 spiro atoms. The van der Waals surface area contributed by atoms with Crippen LogP contribution in [0.1, 0.15) is 5.56 Å². The third kappa shape index (κ3) is 3.30. The van der Waals surface area contributed by atoms with E-state index in [9.17, 15) is 0 Å². The number of rotatable bonds is 4. The zero-order valence-electron chi connectivity index (χ0n) is 12.7. The number of benzene rings is 1. The van der Waals surface area contributed by atoms with E-state index in [0.29, 0.717) is 5.82 Å². The predicted octanol–water partition coefficient (Wildman–Crippen LogP) is 0.611. The quantitative estimate of drug-likeness (QED) is 0.823. The number of tetrazole rings is 1. The minimum absolute atomic E-state index is 0.158. The molecule has 1 aromatic carbocycles. The summed E-state index contributed by atoms with van der Waals surface area (Å²) in [7, 11) is 2.16. The Bertz CT molecular complexity index is 665. The van der Waals surface area contributed by atoms with Gasteiger partial charge in [-0.1, -0.05) is 18.2 Å². The summed E-state index contributed by atoms with van der Waals surface area (Å²) in [4.78, 5) is 4.81. The van der Waals surface area contributed by atoms with Gasteiger partial charge in [0, 0.05) is 38.3 Å². The fourth-order valence-corrected chi connectivity index (χ4v) is 2.66. The first-order valence-corrected chi connectivity index (χ1v) is 7.39. The summed E-state index contributed by atoms with van der Waals surface area (Å²) < 4.78 is 1.52. The molecule has 0 N–H and O–H groups in total. The molecule has 114 valence electrons. The van der Waals surface area contributed by atoms with Crippen LogP contribution < -0.4 is 0 Å². The first-order chi connectivity index (χ1) is 10.8. The van der Waals surface area contributed by atoms with Gasteiger partial charge >= 0.3 is 0 Å². The lowest BCUT2D eigenvalue weighted by molar-refractivity contribution is 0.148. The van der Waals surface area contributed by atoms with Crippen molar-refractivity contribution in [2.45, 2.75) is 13.1 Å². The Hall–Kier alpha value is -2.30. The van der Waals surface area contributed by atoms with Gasteiger partial charge in [0.2, 0.25) is 0 Å². The van der Waals surface area contributed by atoms with Crippen LogP contribution >= 0.6 is 0 Å². The van der Waals surface area contributed by atoms with Crippen LogP contribution in [-0.2, 0) is 13.1 Å². The van der Waals surface area contributed by atoms with Crippen molar-refractivity contribution < 1.29 is 0 Å². The highest BCUT2D eigenvalue weighted by Gasteiger charge is 2.15. The molecule has 0 radical (unpaired) electrons. The molecule has 1 aliphatic rings. The number of hydrogen-bond donors (Lipinski definition) is 0. The van der Waals surface area contributed by atoms with Crippen molar-refractivity contribution in [3.8, 4) is 17.5 Å². The summed E-state index contributed by atoms with van der Waals surface area (Å²) in [6, 6.07) is 10.3. The maximum absolute atomic E-state index is 8.82. The van der Waals surface area contributed by atoms with E-state index >= 15 is 0 Å². The fourth-order valence-electron chi connectivity index (χ4n) is 2.66. The molecule has 2 heterocycles. The molecule has 2 aromatic rings. The molecule has 7 heteroatoms. The molecule has 0 aliphatic carbocycles. The lowest BCUT2D eigenvalue weighted by atomic mass is 10.1. The van der Waals surface area contributed by atoms with Crippen LogP contribution in [0.15, 0.2) is 24.3 Å². The number of nitrogens with zero attached hydrogens (tertiary/aromatic N) is 7. The van der Waals surface area contributed by atoms with Gasteiger partial charge in [-0.05, 0) is 29.1 Å². The van der Waals surface area contributed by atoms with Gasteiger partial charge in [-0.15, -0.1) is 5.10 Å². The van der Waals surface area contributed by atoms with Gasteiger partial charge in [0.25, 0.3) is 0 Å². The minimum Gasteiger partial charge on any atom is -0.304 e. The first-order valence-electron chi connectivity index (χ1n) is 7.39. The van der Waals surface area contributed by atoms with Crippen LogP contribution in [0.3, 0.4) is 0 Å². The molecule has 0 unspecified atom stereocenters. The Labute approximate surface area is 129 Å². The Balaban J connectivity index is 1.75. The van der Waals surface area contributed by atoms with Gasteiger partial charge in [-0.2, -0.15) is 5.26 Å². The standard InChI is InChI=1S/C15H19N7/c1-20-7-9-21(10-8-20)12-13-3-2-4-14(11-13)15-17-18-19-22(15)6-5-16/h2-4,11H,6-10,12H2,1H3. The molecule has 1 fully saturated rings. The second-order valence-electron chi connectivity index (χ2n) is 5.60. The van der Waals surface area contributed by atoms with Crippen molar-refractivity contribution in [3.63, 3.8) is 0 Å². The van der Waals surface area contributed by atoms with Gasteiger partial charge in [0.1, 0.15) is 6.54 Å². The normalized spacial score (nSPS) is 16.5. The van der Waals surface area contributed by atoms with Crippen LogP contribution in [0.4, 0.5) is 0 Å². The van der Waals surface area contributed by atoms with E-state index in [1.807, 2.05) is 12.1 Å². The van der Waals surface area contributed by atoms with Crippen molar-refractivity contribution >= 4 is 0 Å². The van der Waals surface area contributed by atoms with Gasteiger partial charge in [0.15, 0.2) is 5.82 Å². The summed E-state index contributed by atoms with van der Waals surface area (Å²) >= 11 is 0. The second kappa shape index (κ2) is 6.64. The molecule has 1 saturated heterocycles. The maximum Gasteiger partial charge on any atom is 0.183 e. The van der Waals surface area contributed by atoms with E-state index in [1.54, 1.807) is 0 Å². The summed E-state index contributed by atoms with van der Waals surface area (Å²) in [5.74, 6) is 0.641. The van der Waals surface area contributed by atoms with Gasteiger partial charge in [-0.3, -0.25) is 4.90 Å². The van der Waals surface area contributed by atoms with Crippen molar-refractivity contribution in [1.82, 2.24) is 30.0 Å². The molecule has 3 rings (SSSR count). The molecular weight excluding hydrogens is 278 g/mol. The zero-order chi connectivity index (χ0) is 15.4. The number of hydrogen-bond acceptors (Lipinski definition) is 6. The molecule has 1 aliphatic heterocycles. The molecular formula is C15H19N7. The first kappa shape index (κ1) is 14.6. The second-order valence-corrected chi connectivity index (χ2v) is 5.60.